The van der Waals surface area contributed by atoms with E-state index >= 15 is 0 Å². The number of methoxy groups -OCH3 is 1. The van der Waals surface area contributed by atoms with E-state index in [9.17, 15) is 0 Å². The zero-order valence-electron chi connectivity index (χ0n) is 7.87. The van der Waals surface area contributed by atoms with E-state index in [1.54, 1.807) is 13.3 Å². The second kappa shape index (κ2) is 4.58. The molecule has 1 rings (SSSR count). The molecule has 0 aliphatic carbocycles. The first-order chi connectivity index (χ1) is 6.33. The van der Waals surface area contributed by atoms with Crippen LogP contribution in [0.1, 0.15) is 23.7 Å². The van der Waals surface area contributed by atoms with Crippen LogP contribution < -0.4 is 0 Å². The molecule has 3 nitrogen and oxygen atoms in total. The Morgan fingerprint density at radius 1 is 1.62 bits per heavy atom. The molecular weight excluding hydrogens is 164 g/mol. The second-order valence-corrected chi connectivity index (χ2v) is 2.69. The fourth-order valence-electron chi connectivity index (χ4n) is 1.23. The van der Waals surface area contributed by atoms with Crippen molar-refractivity contribution < 1.29 is 4.74 Å². The largest absolute Gasteiger partial charge is 0.380 e. The molecule has 1 aromatic heterocycles. The number of aromatic nitrogens is 1. The van der Waals surface area contributed by atoms with Crippen molar-refractivity contribution in [2.45, 2.75) is 20.0 Å². The molecule has 3 heteroatoms. The third-order valence-corrected chi connectivity index (χ3v) is 1.86. The summed E-state index contributed by atoms with van der Waals surface area (Å²) in [6, 6.07) is 3.98. The van der Waals surface area contributed by atoms with Crippen LogP contribution in [0, 0.1) is 11.3 Å². The lowest BCUT2D eigenvalue weighted by Gasteiger charge is -2.05. The first kappa shape index (κ1) is 9.69. The fourth-order valence-corrected chi connectivity index (χ4v) is 1.23. The van der Waals surface area contributed by atoms with Gasteiger partial charge in [-0.3, -0.25) is 4.98 Å². The lowest BCUT2D eigenvalue weighted by Crippen LogP contribution is -1.99. The van der Waals surface area contributed by atoms with E-state index in [4.69, 9.17) is 10.00 Å². The quantitative estimate of drug-likeness (QED) is 0.703. The van der Waals surface area contributed by atoms with Crippen molar-refractivity contribution in [1.29, 1.82) is 5.26 Å². The number of ether oxygens (including phenoxy) is 1. The maximum atomic E-state index is 8.91. The molecule has 1 aromatic rings. The van der Waals surface area contributed by atoms with Gasteiger partial charge < -0.3 is 4.74 Å². The van der Waals surface area contributed by atoms with Crippen molar-refractivity contribution in [1.82, 2.24) is 4.98 Å². The van der Waals surface area contributed by atoms with Crippen LogP contribution in [0.3, 0.4) is 0 Å². The van der Waals surface area contributed by atoms with Gasteiger partial charge in [0.15, 0.2) is 0 Å². The van der Waals surface area contributed by atoms with E-state index in [-0.39, 0.29) is 0 Å². The predicted octanol–water partition coefficient (Wildman–Crippen LogP) is 1.66. The van der Waals surface area contributed by atoms with Crippen LogP contribution in [0.25, 0.3) is 0 Å². The van der Waals surface area contributed by atoms with E-state index in [1.807, 2.05) is 13.0 Å². The summed E-state index contributed by atoms with van der Waals surface area (Å²) in [5.74, 6) is 0. The van der Waals surface area contributed by atoms with Crippen molar-refractivity contribution in [3.05, 3.63) is 29.1 Å². The second-order valence-electron chi connectivity index (χ2n) is 2.69. The van der Waals surface area contributed by atoms with Gasteiger partial charge in [-0.2, -0.15) is 5.26 Å². The molecule has 68 valence electrons. The maximum absolute atomic E-state index is 8.91. The Morgan fingerprint density at radius 3 is 2.92 bits per heavy atom. The summed E-state index contributed by atoms with van der Waals surface area (Å²) in [5.41, 5.74) is 2.42. The topological polar surface area (TPSA) is 45.9 Å². The Bertz CT molecular complexity index is 328. The Hall–Kier alpha value is -1.40. The summed E-state index contributed by atoms with van der Waals surface area (Å²) in [6.45, 7) is 2.46. The van der Waals surface area contributed by atoms with Gasteiger partial charge in [-0.15, -0.1) is 0 Å². The average Bonchev–Trinajstić information content (AvgIpc) is 2.18. The van der Waals surface area contributed by atoms with Gasteiger partial charge >= 0.3 is 0 Å². The minimum atomic E-state index is 0.471. The number of rotatable bonds is 3. The van der Waals surface area contributed by atoms with Crippen LogP contribution >= 0.6 is 0 Å². The third kappa shape index (κ3) is 2.04. The number of hydrogen-bond donors (Lipinski definition) is 0. The summed E-state index contributed by atoms with van der Waals surface area (Å²) in [5, 5.41) is 8.91. The zero-order chi connectivity index (χ0) is 9.68. The molecular formula is C10H12N2O. The summed E-state index contributed by atoms with van der Waals surface area (Å²) < 4.78 is 4.99. The van der Waals surface area contributed by atoms with Crippen LogP contribution in [0.5, 0.6) is 0 Å². The van der Waals surface area contributed by atoms with Crippen LogP contribution in [-0.4, -0.2) is 12.1 Å². The van der Waals surface area contributed by atoms with Gasteiger partial charge in [0.2, 0.25) is 0 Å². The molecule has 0 bridgehead atoms. The van der Waals surface area contributed by atoms with Crippen molar-refractivity contribution in [2.24, 2.45) is 0 Å². The molecule has 0 fully saturated rings. The van der Waals surface area contributed by atoms with E-state index < -0.39 is 0 Å². The zero-order valence-corrected chi connectivity index (χ0v) is 7.87. The van der Waals surface area contributed by atoms with Crippen LogP contribution in [0.2, 0.25) is 0 Å². The molecule has 0 amide bonds. The minimum Gasteiger partial charge on any atom is -0.380 e. The normalized spacial score (nSPS) is 9.62. The summed E-state index contributed by atoms with van der Waals surface area (Å²) >= 11 is 0. The molecule has 0 N–H and O–H groups in total. The van der Waals surface area contributed by atoms with Crippen molar-refractivity contribution in [3.63, 3.8) is 0 Å². The standard InChI is InChI=1S/C10H12N2O/c1-3-10-9(6-11)8(7-13-2)4-5-12-10/h4-5H,3,7H2,1-2H3. The SMILES string of the molecule is CCc1nccc(COC)c1C#N. The number of nitrogens with zero attached hydrogens (tertiary/aromatic N) is 2. The highest BCUT2D eigenvalue weighted by molar-refractivity contribution is 5.40. The third-order valence-electron chi connectivity index (χ3n) is 1.86. The highest BCUT2D eigenvalue weighted by Crippen LogP contribution is 2.12. The number of pyridine rings is 1. The predicted molar refractivity (Wildman–Crippen MR) is 49.0 cm³/mol. The highest BCUT2D eigenvalue weighted by Gasteiger charge is 2.06. The van der Waals surface area contributed by atoms with Crippen LogP contribution in [0.15, 0.2) is 12.3 Å². The lowest BCUT2D eigenvalue weighted by molar-refractivity contribution is 0.184. The van der Waals surface area contributed by atoms with Gasteiger partial charge in [-0.25, -0.2) is 0 Å². The maximum Gasteiger partial charge on any atom is 0.101 e. The first-order valence-electron chi connectivity index (χ1n) is 4.19. The lowest BCUT2D eigenvalue weighted by atomic mass is 10.1. The summed E-state index contributed by atoms with van der Waals surface area (Å²) in [7, 11) is 1.62. The van der Waals surface area contributed by atoms with E-state index in [1.165, 1.54) is 0 Å². The molecule has 0 unspecified atom stereocenters. The Labute approximate surface area is 78.0 Å². The number of nitriles is 1. The molecule has 0 aromatic carbocycles. The Kier molecular flexibility index (Phi) is 3.41. The summed E-state index contributed by atoms with van der Waals surface area (Å²) in [4.78, 5) is 4.13. The molecule has 0 saturated carbocycles. The van der Waals surface area contributed by atoms with Gasteiger partial charge in [0, 0.05) is 13.3 Å². The smallest absolute Gasteiger partial charge is 0.101 e. The van der Waals surface area contributed by atoms with Gasteiger partial charge in [-0.05, 0) is 18.1 Å². The average molecular weight is 176 g/mol. The molecule has 1 heterocycles. The number of hydrogen-bond acceptors (Lipinski definition) is 3. The van der Waals surface area contributed by atoms with E-state index in [0.29, 0.717) is 12.2 Å². The summed E-state index contributed by atoms with van der Waals surface area (Å²) in [6.07, 6.45) is 2.49. The van der Waals surface area contributed by atoms with Gasteiger partial charge in [0.1, 0.15) is 6.07 Å². The molecule has 13 heavy (non-hydrogen) atoms. The van der Waals surface area contributed by atoms with Crippen molar-refractivity contribution in [2.75, 3.05) is 7.11 Å². The van der Waals surface area contributed by atoms with Crippen molar-refractivity contribution >= 4 is 0 Å². The molecule has 0 aliphatic heterocycles. The highest BCUT2D eigenvalue weighted by atomic mass is 16.5. The van der Waals surface area contributed by atoms with E-state index in [0.717, 1.165) is 17.7 Å². The monoisotopic (exact) mass is 176 g/mol. The Balaban J connectivity index is 3.13. The molecule has 0 saturated heterocycles. The van der Waals surface area contributed by atoms with Crippen LogP contribution in [0.4, 0.5) is 0 Å². The fraction of sp³-hybridized carbons (Fsp3) is 0.400. The number of aryl methyl sites for hydroxylation is 1. The van der Waals surface area contributed by atoms with Gasteiger partial charge in [-0.1, -0.05) is 6.92 Å². The van der Waals surface area contributed by atoms with E-state index in [2.05, 4.69) is 11.1 Å². The van der Waals surface area contributed by atoms with Gasteiger partial charge in [0.05, 0.1) is 17.9 Å². The molecule has 0 radical (unpaired) electrons. The van der Waals surface area contributed by atoms with Gasteiger partial charge in [0.25, 0.3) is 0 Å². The minimum absolute atomic E-state index is 0.471. The molecule has 0 spiro atoms. The molecule has 0 atom stereocenters. The van der Waals surface area contributed by atoms with Crippen LogP contribution in [-0.2, 0) is 17.8 Å². The first-order valence-corrected chi connectivity index (χ1v) is 4.19. The Morgan fingerprint density at radius 2 is 2.38 bits per heavy atom. The molecule has 0 aliphatic rings. The van der Waals surface area contributed by atoms with Crippen molar-refractivity contribution in [3.8, 4) is 6.07 Å².